The van der Waals surface area contributed by atoms with Gasteiger partial charge in [-0.1, -0.05) is 60.7 Å². The molecule has 0 bridgehead atoms. The number of amides is 1. The van der Waals surface area contributed by atoms with Gasteiger partial charge in [0.25, 0.3) is 0 Å². The second kappa shape index (κ2) is 8.65. The fraction of sp³-hybridized carbons (Fsp3) is 0.381. The smallest absolute Gasteiger partial charge is 0.223 e. The fourth-order valence-electron chi connectivity index (χ4n) is 3.47. The Morgan fingerprint density at radius 3 is 2.12 bits per heavy atom. The molecule has 1 aliphatic rings. The molecule has 1 aliphatic heterocycles. The molecule has 0 spiro atoms. The van der Waals surface area contributed by atoms with Gasteiger partial charge in [-0.3, -0.25) is 4.79 Å². The van der Waals surface area contributed by atoms with Crippen molar-refractivity contribution in [1.29, 1.82) is 0 Å². The van der Waals surface area contributed by atoms with Gasteiger partial charge >= 0.3 is 0 Å². The average molecular weight is 323 g/mol. The van der Waals surface area contributed by atoms with Crippen molar-refractivity contribution in [1.82, 2.24) is 5.32 Å². The summed E-state index contributed by atoms with van der Waals surface area (Å²) in [5.74, 6) is 0.435. The Morgan fingerprint density at radius 1 is 0.917 bits per heavy atom. The fourth-order valence-corrected chi connectivity index (χ4v) is 3.47. The van der Waals surface area contributed by atoms with Crippen LogP contribution in [0.25, 0.3) is 0 Å². The highest BCUT2D eigenvalue weighted by Crippen LogP contribution is 2.10. The van der Waals surface area contributed by atoms with E-state index in [1.807, 2.05) is 18.2 Å². The van der Waals surface area contributed by atoms with Crippen molar-refractivity contribution < 1.29 is 9.69 Å². The highest BCUT2D eigenvalue weighted by Gasteiger charge is 2.27. The summed E-state index contributed by atoms with van der Waals surface area (Å²) in [5.41, 5.74) is 2.66. The maximum atomic E-state index is 12.3. The van der Waals surface area contributed by atoms with Gasteiger partial charge in [0.15, 0.2) is 0 Å². The molecule has 3 heteroatoms. The van der Waals surface area contributed by atoms with Gasteiger partial charge in [0, 0.05) is 30.9 Å². The van der Waals surface area contributed by atoms with E-state index < -0.39 is 0 Å². The molecule has 2 aromatic rings. The monoisotopic (exact) mass is 323 g/mol. The molecule has 2 N–H and O–H groups in total. The molecular formula is C21H27N2O+. The van der Waals surface area contributed by atoms with Gasteiger partial charge in [0.2, 0.25) is 5.91 Å². The molecular weight excluding hydrogens is 296 g/mol. The van der Waals surface area contributed by atoms with E-state index in [9.17, 15) is 4.79 Å². The lowest BCUT2D eigenvalue weighted by Gasteiger charge is -2.28. The predicted octanol–water partition coefficient (Wildman–Crippen LogP) is 1.84. The molecule has 1 amide bonds. The molecule has 3 rings (SSSR count). The summed E-state index contributed by atoms with van der Waals surface area (Å²) in [6, 6.07) is 21.0. The zero-order valence-electron chi connectivity index (χ0n) is 14.2. The quantitative estimate of drug-likeness (QED) is 0.836. The number of quaternary nitrogens is 1. The van der Waals surface area contributed by atoms with Gasteiger partial charge in [-0.2, -0.15) is 0 Å². The molecule has 0 atom stereocenters. The summed E-state index contributed by atoms with van der Waals surface area (Å²) in [6.07, 6.45) is 2.91. The minimum absolute atomic E-state index is 0.195. The molecule has 0 saturated carbocycles. The van der Waals surface area contributed by atoms with E-state index >= 15 is 0 Å². The maximum Gasteiger partial charge on any atom is 0.223 e. The van der Waals surface area contributed by atoms with E-state index in [-0.39, 0.29) is 11.8 Å². The highest BCUT2D eigenvalue weighted by molar-refractivity contribution is 5.78. The summed E-state index contributed by atoms with van der Waals surface area (Å²) < 4.78 is 0. The zero-order valence-corrected chi connectivity index (χ0v) is 14.2. The minimum atomic E-state index is 0.195. The van der Waals surface area contributed by atoms with Crippen LogP contribution in [0.2, 0.25) is 0 Å². The lowest BCUT2D eigenvalue weighted by molar-refractivity contribution is -0.919. The topological polar surface area (TPSA) is 33.5 Å². The van der Waals surface area contributed by atoms with Crippen molar-refractivity contribution in [2.24, 2.45) is 5.92 Å². The third kappa shape index (κ3) is 4.93. The van der Waals surface area contributed by atoms with Crippen molar-refractivity contribution in [3.63, 3.8) is 0 Å². The summed E-state index contributed by atoms with van der Waals surface area (Å²) in [6.45, 7) is 3.99. The second-order valence-electron chi connectivity index (χ2n) is 6.71. The van der Waals surface area contributed by atoms with Gasteiger partial charge in [-0.05, 0) is 12.0 Å². The van der Waals surface area contributed by atoms with Crippen LogP contribution < -0.4 is 10.2 Å². The van der Waals surface area contributed by atoms with Gasteiger partial charge in [0.1, 0.15) is 6.54 Å². The van der Waals surface area contributed by atoms with Gasteiger partial charge in [-0.15, -0.1) is 0 Å². The molecule has 2 aromatic carbocycles. The summed E-state index contributed by atoms with van der Waals surface area (Å²) >= 11 is 0. The molecule has 126 valence electrons. The van der Waals surface area contributed by atoms with Crippen LogP contribution >= 0.6 is 0 Å². The first-order valence-corrected chi connectivity index (χ1v) is 9.00. The Hall–Kier alpha value is -2.13. The first-order valence-electron chi connectivity index (χ1n) is 9.00. The molecule has 1 heterocycles. The number of benzene rings is 2. The number of carbonyl (C=O) groups is 1. The van der Waals surface area contributed by atoms with Crippen LogP contribution in [0.15, 0.2) is 60.7 Å². The van der Waals surface area contributed by atoms with Crippen LogP contribution in [-0.4, -0.2) is 25.5 Å². The summed E-state index contributed by atoms with van der Waals surface area (Å²) in [7, 11) is 0. The summed E-state index contributed by atoms with van der Waals surface area (Å²) in [4.78, 5) is 13.9. The zero-order chi connectivity index (χ0) is 16.6. The van der Waals surface area contributed by atoms with E-state index in [2.05, 4.69) is 47.8 Å². The molecule has 3 nitrogen and oxygen atoms in total. The van der Waals surface area contributed by atoms with Crippen LogP contribution in [0.3, 0.4) is 0 Å². The standard InChI is InChI=1S/C21H26N2O/c24-21(22-14-11-18-7-3-1-4-8-18)20-12-15-23(16-13-20)17-19-9-5-2-6-10-19/h1-10,20H,11-17H2,(H,22,24)/p+1. The van der Waals surface area contributed by atoms with E-state index in [1.165, 1.54) is 11.1 Å². The molecule has 1 fully saturated rings. The Morgan fingerprint density at radius 2 is 1.50 bits per heavy atom. The van der Waals surface area contributed by atoms with Gasteiger partial charge < -0.3 is 10.2 Å². The third-order valence-corrected chi connectivity index (χ3v) is 4.92. The number of hydrogen-bond donors (Lipinski definition) is 2. The molecule has 0 aliphatic carbocycles. The van der Waals surface area contributed by atoms with Crippen molar-refractivity contribution in [3.05, 3.63) is 71.8 Å². The van der Waals surface area contributed by atoms with Crippen LogP contribution in [0, 0.1) is 5.92 Å². The number of likely N-dealkylation sites (tertiary alicyclic amines) is 1. The largest absolute Gasteiger partial charge is 0.356 e. The minimum Gasteiger partial charge on any atom is -0.356 e. The molecule has 0 aromatic heterocycles. The first kappa shape index (κ1) is 16.7. The highest BCUT2D eigenvalue weighted by atomic mass is 16.1. The van der Waals surface area contributed by atoms with Crippen molar-refractivity contribution in [3.8, 4) is 0 Å². The molecule has 0 unspecified atom stereocenters. The van der Waals surface area contributed by atoms with Crippen LogP contribution in [0.4, 0.5) is 0 Å². The number of carbonyl (C=O) groups excluding carboxylic acids is 1. The van der Waals surface area contributed by atoms with Crippen molar-refractivity contribution >= 4 is 5.91 Å². The number of rotatable bonds is 6. The summed E-state index contributed by atoms with van der Waals surface area (Å²) in [5, 5.41) is 3.12. The normalized spacial score (nSPS) is 20.5. The average Bonchev–Trinajstić information content (AvgIpc) is 2.64. The van der Waals surface area contributed by atoms with Crippen LogP contribution in [-0.2, 0) is 17.8 Å². The number of nitrogens with one attached hydrogen (secondary N) is 2. The molecule has 0 radical (unpaired) electrons. The van der Waals surface area contributed by atoms with E-state index in [1.54, 1.807) is 4.90 Å². The third-order valence-electron chi connectivity index (χ3n) is 4.92. The van der Waals surface area contributed by atoms with Crippen molar-refractivity contribution in [2.45, 2.75) is 25.8 Å². The van der Waals surface area contributed by atoms with Crippen LogP contribution in [0.5, 0.6) is 0 Å². The second-order valence-corrected chi connectivity index (χ2v) is 6.71. The molecule has 1 saturated heterocycles. The van der Waals surface area contributed by atoms with Crippen molar-refractivity contribution in [2.75, 3.05) is 19.6 Å². The Balaban J connectivity index is 1.37. The van der Waals surface area contributed by atoms with E-state index in [4.69, 9.17) is 0 Å². The Kier molecular flexibility index (Phi) is 6.02. The Bertz CT molecular complexity index is 619. The van der Waals surface area contributed by atoms with Crippen LogP contribution in [0.1, 0.15) is 24.0 Å². The number of piperidine rings is 1. The van der Waals surface area contributed by atoms with Gasteiger partial charge in [-0.25, -0.2) is 0 Å². The SMILES string of the molecule is O=C(NCCc1ccccc1)C1CC[NH+](Cc2ccccc2)CC1. The van der Waals surface area contributed by atoms with Gasteiger partial charge in [0.05, 0.1) is 13.1 Å². The first-order chi connectivity index (χ1) is 11.8. The maximum absolute atomic E-state index is 12.3. The molecule has 24 heavy (non-hydrogen) atoms. The predicted molar refractivity (Wildman–Crippen MR) is 96.7 cm³/mol. The lowest BCUT2D eigenvalue weighted by atomic mass is 9.95. The Labute approximate surface area is 144 Å². The van der Waals surface area contributed by atoms with E-state index in [0.717, 1.165) is 45.4 Å². The number of hydrogen-bond acceptors (Lipinski definition) is 1. The lowest BCUT2D eigenvalue weighted by Crippen LogP contribution is -3.11. The van der Waals surface area contributed by atoms with E-state index in [0.29, 0.717) is 0 Å².